The van der Waals surface area contributed by atoms with Crippen molar-refractivity contribution in [1.29, 1.82) is 0 Å². The molecule has 1 aromatic heterocycles. The molecule has 0 aliphatic rings. The molecule has 0 aliphatic carbocycles. The number of nitrogens with two attached hydrogens (primary N) is 1. The lowest BCUT2D eigenvalue weighted by molar-refractivity contribution is 0.276. The molecule has 0 amide bonds. The number of aromatic nitrogens is 2. The first-order valence-corrected chi connectivity index (χ1v) is 10.1. The van der Waals surface area contributed by atoms with Crippen molar-refractivity contribution in [3.05, 3.63) is 57.8 Å². The van der Waals surface area contributed by atoms with Gasteiger partial charge in [-0.25, -0.2) is 18.2 Å². The van der Waals surface area contributed by atoms with Gasteiger partial charge in [-0.1, -0.05) is 0 Å². The Morgan fingerprint density at radius 2 is 1.88 bits per heavy atom. The summed E-state index contributed by atoms with van der Waals surface area (Å²) in [5.74, 6) is 0.764. The summed E-state index contributed by atoms with van der Waals surface area (Å²) in [4.78, 5) is 0.0244. The van der Waals surface area contributed by atoms with Crippen LogP contribution >= 0.6 is 22.6 Å². The molecule has 0 saturated carbocycles. The van der Waals surface area contributed by atoms with E-state index in [0.29, 0.717) is 11.4 Å². The lowest BCUT2D eigenvalue weighted by Gasteiger charge is -2.10. The number of methoxy groups -OCH3 is 1. The summed E-state index contributed by atoms with van der Waals surface area (Å²) in [5.41, 5.74) is 2.80. The Kier molecular flexibility index (Phi) is 5.32. The van der Waals surface area contributed by atoms with Gasteiger partial charge in [0.15, 0.2) is 0 Å². The third kappa shape index (κ3) is 3.75. The fourth-order valence-electron chi connectivity index (χ4n) is 2.51. The number of ether oxygens (including phenoxy) is 1. The first kappa shape index (κ1) is 18.8. The lowest BCUT2D eigenvalue weighted by Crippen LogP contribution is -2.12. The minimum atomic E-state index is -3.76. The van der Waals surface area contributed by atoms with E-state index in [2.05, 4.69) is 27.7 Å². The predicted octanol–water partition coefficient (Wildman–Crippen LogP) is 2.29. The van der Waals surface area contributed by atoms with Crippen molar-refractivity contribution < 1.29 is 18.3 Å². The normalized spacial score (nSPS) is 11.5. The molecule has 0 saturated heterocycles. The van der Waals surface area contributed by atoms with E-state index in [1.807, 2.05) is 18.2 Å². The van der Waals surface area contributed by atoms with E-state index in [0.717, 1.165) is 20.6 Å². The zero-order valence-electron chi connectivity index (χ0n) is 13.8. The molecule has 26 heavy (non-hydrogen) atoms. The molecule has 0 aliphatic heterocycles. The molecule has 0 radical (unpaired) electrons. The van der Waals surface area contributed by atoms with Crippen LogP contribution in [-0.4, -0.2) is 30.4 Å². The van der Waals surface area contributed by atoms with E-state index in [4.69, 9.17) is 9.88 Å². The summed E-state index contributed by atoms with van der Waals surface area (Å²) >= 11 is 2.18. The minimum Gasteiger partial charge on any atom is -0.496 e. The minimum absolute atomic E-state index is 0.0244. The topological polar surface area (TPSA) is 107 Å². The van der Waals surface area contributed by atoms with E-state index in [-0.39, 0.29) is 11.5 Å². The fourth-order valence-corrected chi connectivity index (χ4v) is 3.76. The Morgan fingerprint density at radius 3 is 2.42 bits per heavy atom. The molecule has 0 atom stereocenters. The molecule has 3 aromatic rings. The second kappa shape index (κ2) is 7.35. The molecule has 3 N–H and O–H groups in total. The van der Waals surface area contributed by atoms with Crippen LogP contribution < -0.4 is 9.88 Å². The van der Waals surface area contributed by atoms with Crippen molar-refractivity contribution in [2.75, 3.05) is 7.11 Å². The van der Waals surface area contributed by atoms with Gasteiger partial charge in [-0.05, 0) is 71.1 Å². The highest BCUT2D eigenvalue weighted by Crippen LogP contribution is 2.30. The number of hydrogen-bond donors (Lipinski definition) is 2. The molecule has 0 fully saturated rings. The van der Waals surface area contributed by atoms with E-state index >= 15 is 0 Å². The first-order chi connectivity index (χ1) is 12.3. The molecule has 136 valence electrons. The van der Waals surface area contributed by atoms with Gasteiger partial charge in [-0.2, -0.15) is 5.10 Å². The number of sulfonamides is 1. The van der Waals surface area contributed by atoms with Crippen LogP contribution in [0.25, 0.3) is 16.9 Å². The molecule has 0 bridgehead atoms. The summed E-state index contributed by atoms with van der Waals surface area (Å²) < 4.78 is 30.7. The maximum atomic E-state index is 11.4. The first-order valence-electron chi connectivity index (χ1n) is 7.50. The Hall–Kier alpha value is -1.95. The zero-order chi connectivity index (χ0) is 18.9. The molecular formula is C17H16IN3O4S. The van der Waals surface area contributed by atoms with Crippen molar-refractivity contribution in [2.24, 2.45) is 5.14 Å². The molecule has 0 unspecified atom stereocenters. The number of halogens is 1. The van der Waals surface area contributed by atoms with Crippen LogP contribution in [0.4, 0.5) is 0 Å². The van der Waals surface area contributed by atoms with Gasteiger partial charge in [-0.15, -0.1) is 0 Å². The van der Waals surface area contributed by atoms with Crippen molar-refractivity contribution in [3.63, 3.8) is 0 Å². The third-order valence-corrected chi connectivity index (χ3v) is 5.55. The Bertz CT molecular complexity index is 1050. The van der Waals surface area contributed by atoms with Crippen LogP contribution in [0.15, 0.2) is 53.4 Å². The van der Waals surface area contributed by atoms with Gasteiger partial charge in [0.05, 0.1) is 39.3 Å². The van der Waals surface area contributed by atoms with Gasteiger partial charge in [0.2, 0.25) is 10.0 Å². The van der Waals surface area contributed by atoms with Gasteiger partial charge < -0.3 is 9.84 Å². The van der Waals surface area contributed by atoms with E-state index in [1.54, 1.807) is 30.0 Å². The number of aliphatic hydroxyl groups is 1. The quantitative estimate of drug-likeness (QED) is 0.543. The standard InChI is InChI=1S/C17H16IN3O4S/c1-25-17-7-2-11(8-15(17)18)16-9-12(10-22)20-21(16)13-3-5-14(6-4-13)26(19,23)24/h2-9,22H,10H2,1H3,(H2,19,23,24)/i1-1,18-2. The Labute approximate surface area is 164 Å². The van der Waals surface area contributed by atoms with Crippen molar-refractivity contribution in [2.45, 2.75) is 11.5 Å². The molecule has 7 nitrogen and oxygen atoms in total. The Morgan fingerprint density at radius 1 is 1.19 bits per heavy atom. The summed E-state index contributed by atoms with van der Waals surface area (Å²) in [6.45, 7) is -0.206. The average molecular weight is 482 g/mol. The van der Waals surface area contributed by atoms with Gasteiger partial charge in [0.25, 0.3) is 0 Å². The lowest BCUT2D eigenvalue weighted by atomic mass is 10.1. The van der Waals surface area contributed by atoms with E-state index in [1.165, 1.54) is 12.1 Å². The summed E-state index contributed by atoms with van der Waals surface area (Å²) in [6.07, 6.45) is 0. The maximum absolute atomic E-state index is 11.4. The molecule has 0 spiro atoms. The second-order valence-corrected chi connectivity index (χ2v) is 8.20. The zero-order valence-corrected chi connectivity index (χ0v) is 16.7. The van der Waals surface area contributed by atoms with Crippen LogP contribution in [0, 0.1) is 3.57 Å². The number of nitrogens with zero attached hydrogens (tertiary/aromatic N) is 2. The number of rotatable bonds is 5. The van der Waals surface area contributed by atoms with Gasteiger partial charge >= 0.3 is 0 Å². The fraction of sp³-hybridized carbons (Fsp3) is 0.118. The Balaban J connectivity index is 2.11. The average Bonchev–Trinajstić information content (AvgIpc) is 3.05. The molecule has 1 heterocycles. The highest BCUT2D eigenvalue weighted by molar-refractivity contribution is 14.1. The highest BCUT2D eigenvalue weighted by atomic mass is 125. The van der Waals surface area contributed by atoms with Crippen molar-refractivity contribution in [3.8, 4) is 22.7 Å². The predicted molar refractivity (Wildman–Crippen MR) is 106 cm³/mol. The maximum Gasteiger partial charge on any atom is 0.238 e. The van der Waals surface area contributed by atoms with Crippen LogP contribution in [0.3, 0.4) is 0 Å². The molecular weight excluding hydrogens is 466 g/mol. The van der Waals surface area contributed by atoms with Gasteiger partial charge in [-0.3, -0.25) is 0 Å². The van der Waals surface area contributed by atoms with Gasteiger partial charge in [0, 0.05) is 5.56 Å². The molecule has 2 aromatic carbocycles. The van der Waals surface area contributed by atoms with E-state index in [9.17, 15) is 13.5 Å². The highest BCUT2D eigenvalue weighted by Gasteiger charge is 2.14. The number of aliphatic hydroxyl groups excluding tert-OH is 1. The second-order valence-electron chi connectivity index (χ2n) is 5.48. The van der Waals surface area contributed by atoms with Gasteiger partial charge in [0.1, 0.15) is 5.75 Å². The van der Waals surface area contributed by atoms with Crippen molar-refractivity contribution >= 4 is 32.6 Å². The van der Waals surface area contributed by atoms with Crippen LogP contribution in [0.2, 0.25) is 0 Å². The van der Waals surface area contributed by atoms with Crippen molar-refractivity contribution in [1.82, 2.24) is 9.78 Å². The molecule has 3 rings (SSSR count). The summed E-state index contributed by atoms with van der Waals surface area (Å²) in [5, 5.41) is 19.0. The summed E-state index contributed by atoms with van der Waals surface area (Å²) in [6, 6.07) is 13.6. The molecule has 9 heteroatoms. The SMILES string of the molecule is [11CH3]Oc1ccc(-c2cc(CO)nn2-c2ccc(S(N)(=O)=O)cc2)cc1[125I]. The number of primary sulfonamides is 1. The third-order valence-electron chi connectivity index (χ3n) is 3.78. The van der Waals surface area contributed by atoms with Crippen LogP contribution in [0.1, 0.15) is 5.69 Å². The van der Waals surface area contributed by atoms with E-state index < -0.39 is 10.0 Å². The van der Waals surface area contributed by atoms with Crippen LogP contribution in [-0.2, 0) is 16.6 Å². The summed E-state index contributed by atoms with van der Waals surface area (Å²) in [7, 11) is -2.15. The number of hydrogen-bond acceptors (Lipinski definition) is 5. The smallest absolute Gasteiger partial charge is 0.238 e. The largest absolute Gasteiger partial charge is 0.496 e. The number of benzene rings is 2. The monoisotopic (exact) mass is 482 g/mol. The van der Waals surface area contributed by atoms with Crippen LogP contribution in [0.5, 0.6) is 5.75 Å².